The van der Waals surface area contributed by atoms with Crippen molar-refractivity contribution in [3.05, 3.63) is 122 Å². The second kappa shape index (κ2) is 15.1. The Morgan fingerprint density at radius 1 is 1.00 bits per heavy atom. The van der Waals surface area contributed by atoms with Gasteiger partial charge in [0.2, 0.25) is 10.0 Å². The Balaban J connectivity index is 1.20. The fraction of sp³-hybridized carbons (Fsp3) is 0.265. The molecule has 0 saturated heterocycles. The molecule has 0 aliphatic carbocycles. The molecule has 9 nitrogen and oxygen atoms in total. The number of rotatable bonds is 14. The Morgan fingerprint density at radius 2 is 1.74 bits per heavy atom. The second-order valence-electron chi connectivity index (χ2n) is 11.3. The number of aromatic amines is 1. The fourth-order valence-corrected chi connectivity index (χ4v) is 6.89. The van der Waals surface area contributed by atoms with Gasteiger partial charge in [0.1, 0.15) is 11.4 Å². The highest BCUT2D eigenvalue weighted by Gasteiger charge is 2.23. The lowest BCUT2D eigenvalue weighted by Gasteiger charge is -2.15. The first-order chi connectivity index (χ1) is 22.4. The lowest BCUT2D eigenvalue weighted by atomic mass is 10.0. The first-order valence-electron chi connectivity index (χ1n) is 15.0. The lowest BCUT2D eigenvalue weighted by Crippen LogP contribution is -2.37. The fourth-order valence-electron chi connectivity index (χ4n) is 5.45. The Hall–Kier alpha value is -3.51. The van der Waals surface area contributed by atoms with Crippen LogP contribution >= 0.6 is 34.8 Å². The first-order valence-corrected chi connectivity index (χ1v) is 17.7. The van der Waals surface area contributed by atoms with Crippen molar-refractivity contribution in [1.82, 2.24) is 19.6 Å². The van der Waals surface area contributed by atoms with Crippen molar-refractivity contribution >= 4 is 61.6 Å². The van der Waals surface area contributed by atoms with Gasteiger partial charge in [-0.2, -0.15) is 4.72 Å². The van der Waals surface area contributed by atoms with Crippen molar-refractivity contribution in [2.24, 2.45) is 0 Å². The Labute approximate surface area is 288 Å². The molecule has 5 rings (SSSR count). The third kappa shape index (κ3) is 8.90. The molecule has 0 fully saturated rings. The smallest absolute Gasteiger partial charge is 0.267 e. The predicted octanol–water partition coefficient (Wildman–Crippen LogP) is 6.95. The minimum Gasteiger partial charge on any atom is -0.494 e. The number of nitrogens with zero attached hydrogens (tertiary/aromatic N) is 1. The van der Waals surface area contributed by atoms with Gasteiger partial charge in [-0.25, -0.2) is 8.42 Å². The second-order valence-corrected chi connectivity index (χ2v) is 14.4. The lowest BCUT2D eigenvalue weighted by molar-refractivity contribution is 0.0947. The maximum atomic E-state index is 13.0. The normalized spacial score (nSPS) is 12.4. The number of H-pyrrole nitrogens is 1. The van der Waals surface area contributed by atoms with Crippen LogP contribution in [0.1, 0.15) is 51.1 Å². The van der Waals surface area contributed by atoms with Crippen LogP contribution in [0.3, 0.4) is 0 Å². The Bertz CT molecular complexity index is 1990. The molecule has 5 aromatic rings. The van der Waals surface area contributed by atoms with Gasteiger partial charge in [-0.1, -0.05) is 53.0 Å². The number of amides is 1. The van der Waals surface area contributed by atoms with Gasteiger partial charge in [0.05, 0.1) is 18.1 Å². The van der Waals surface area contributed by atoms with E-state index >= 15 is 0 Å². The quantitative estimate of drug-likeness (QED) is 0.0732. The molecule has 0 bridgehead atoms. The van der Waals surface area contributed by atoms with E-state index in [4.69, 9.17) is 39.5 Å². The molecule has 2 aromatic heterocycles. The summed E-state index contributed by atoms with van der Waals surface area (Å²) in [4.78, 5) is 16.0. The number of fused-ring (bicyclic) bond motifs is 1. The molecule has 0 saturated carbocycles. The van der Waals surface area contributed by atoms with Gasteiger partial charge in [-0.05, 0) is 97.5 Å². The number of carbonyl (C=O) groups is 1. The number of hydrogen-bond acceptors (Lipinski definition) is 5. The van der Waals surface area contributed by atoms with E-state index in [-0.39, 0.29) is 6.54 Å². The number of sulfonamides is 1. The molecular formula is C34H35Cl3N4O5S. The average Bonchev–Trinajstić information content (AvgIpc) is 3.62. The van der Waals surface area contributed by atoms with Crippen LogP contribution in [-0.2, 0) is 23.0 Å². The zero-order chi connectivity index (χ0) is 33.7. The van der Waals surface area contributed by atoms with Gasteiger partial charge in [-0.15, -0.1) is 0 Å². The molecule has 2 heterocycles. The molecule has 13 heteroatoms. The van der Waals surface area contributed by atoms with E-state index in [0.717, 1.165) is 27.6 Å². The van der Waals surface area contributed by atoms with E-state index < -0.39 is 27.9 Å². The van der Waals surface area contributed by atoms with Crippen molar-refractivity contribution < 1.29 is 23.1 Å². The SMILES string of the molecule is Cc1cc(OCCCc2c(C(O)NS(=O)(=O)CCNC(=O)c3cccn3Cc3cccc(Cl)c3)[nH]c3cc(Cl)ccc23)cc(C)c1Cl. The van der Waals surface area contributed by atoms with Gasteiger partial charge < -0.3 is 24.7 Å². The predicted molar refractivity (Wildman–Crippen MR) is 187 cm³/mol. The minimum atomic E-state index is -4.01. The van der Waals surface area contributed by atoms with Crippen LogP contribution in [0.2, 0.25) is 15.1 Å². The number of aliphatic hydroxyl groups is 1. The van der Waals surface area contributed by atoms with E-state index in [2.05, 4.69) is 15.0 Å². The van der Waals surface area contributed by atoms with Crippen LogP contribution < -0.4 is 14.8 Å². The van der Waals surface area contributed by atoms with E-state index in [1.54, 1.807) is 41.1 Å². The first kappa shape index (κ1) is 34.8. The standard InChI is InChI=1S/C34H35Cl3N4O5S/c1-21-16-26(17-22(2)31(21)37)46-14-5-8-28-27-11-10-25(36)19-29(27)39-32(28)34(43)40-47(44,45)15-12-38-33(42)30-9-4-13-41(30)20-23-6-3-7-24(35)18-23/h3-4,6-7,9-11,13,16-19,34,39-40,43H,5,8,12,14-15,20H2,1-2H3,(H,38,42). The van der Waals surface area contributed by atoms with Crippen LogP contribution in [0.5, 0.6) is 5.75 Å². The largest absolute Gasteiger partial charge is 0.494 e. The highest BCUT2D eigenvalue weighted by molar-refractivity contribution is 7.89. The number of aromatic nitrogens is 2. The van der Waals surface area contributed by atoms with Gasteiger partial charge in [0.25, 0.3) is 5.91 Å². The third-order valence-electron chi connectivity index (χ3n) is 7.68. The van der Waals surface area contributed by atoms with Crippen molar-refractivity contribution in [1.29, 1.82) is 0 Å². The van der Waals surface area contributed by atoms with Crippen LogP contribution in [0.15, 0.2) is 72.9 Å². The summed E-state index contributed by atoms with van der Waals surface area (Å²) in [7, 11) is -4.01. The van der Waals surface area contributed by atoms with Crippen LogP contribution in [-0.4, -0.2) is 47.9 Å². The van der Waals surface area contributed by atoms with E-state index in [0.29, 0.717) is 63.7 Å². The van der Waals surface area contributed by atoms with Crippen LogP contribution in [0.25, 0.3) is 10.9 Å². The molecule has 3 aromatic carbocycles. The average molecular weight is 718 g/mol. The van der Waals surface area contributed by atoms with Crippen molar-refractivity contribution in [3.63, 3.8) is 0 Å². The number of ether oxygens (including phenoxy) is 1. The molecule has 1 atom stereocenters. The van der Waals surface area contributed by atoms with Gasteiger partial charge in [0.15, 0.2) is 6.23 Å². The highest BCUT2D eigenvalue weighted by Crippen LogP contribution is 2.30. The van der Waals surface area contributed by atoms with Crippen molar-refractivity contribution in [2.45, 2.75) is 39.5 Å². The molecule has 47 heavy (non-hydrogen) atoms. The molecule has 1 amide bonds. The van der Waals surface area contributed by atoms with E-state index in [9.17, 15) is 18.3 Å². The minimum absolute atomic E-state index is 0.167. The van der Waals surface area contributed by atoms with E-state index in [1.807, 2.05) is 50.2 Å². The summed E-state index contributed by atoms with van der Waals surface area (Å²) in [5, 5.41) is 16.4. The third-order valence-corrected chi connectivity index (χ3v) is 10.1. The number of nitrogens with one attached hydrogen (secondary N) is 3. The van der Waals surface area contributed by atoms with Crippen LogP contribution in [0, 0.1) is 13.8 Å². The van der Waals surface area contributed by atoms with Crippen LogP contribution in [0.4, 0.5) is 0 Å². The summed E-state index contributed by atoms with van der Waals surface area (Å²) >= 11 is 18.6. The number of carbonyl (C=O) groups excluding carboxylic acids is 1. The molecule has 0 spiro atoms. The molecule has 4 N–H and O–H groups in total. The molecule has 0 aliphatic rings. The Kier molecular flexibility index (Phi) is 11.2. The monoisotopic (exact) mass is 716 g/mol. The van der Waals surface area contributed by atoms with Gasteiger partial charge >= 0.3 is 0 Å². The van der Waals surface area contributed by atoms with Crippen molar-refractivity contribution in [2.75, 3.05) is 18.9 Å². The molecule has 1 unspecified atom stereocenters. The summed E-state index contributed by atoms with van der Waals surface area (Å²) in [5.41, 5.74) is 4.87. The number of halogens is 3. The number of aryl methyl sites for hydroxylation is 3. The molecule has 0 aliphatic heterocycles. The number of hydrogen-bond donors (Lipinski definition) is 4. The number of aliphatic hydroxyl groups excluding tert-OH is 1. The maximum Gasteiger partial charge on any atom is 0.267 e. The summed E-state index contributed by atoms with van der Waals surface area (Å²) in [6.07, 6.45) is 1.29. The topological polar surface area (TPSA) is 125 Å². The number of benzene rings is 3. The zero-order valence-corrected chi connectivity index (χ0v) is 28.9. The molecular weight excluding hydrogens is 683 g/mol. The van der Waals surface area contributed by atoms with Gasteiger partial charge in [0, 0.05) is 45.3 Å². The molecule has 0 radical (unpaired) electrons. The maximum absolute atomic E-state index is 13.0. The molecule has 248 valence electrons. The van der Waals surface area contributed by atoms with Crippen molar-refractivity contribution in [3.8, 4) is 5.75 Å². The summed E-state index contributed by atoms with van der Waals surface area (Å²) < 4.78 is 36.0. The summed E-state index contributed by atoms with van der Waals surface area (Å²) in [6, 6.07) is 19.8. The Morgan fingerprint density at radius 3 is 2.49 bits per heavy atom. The van der Waals surface area contributed by atoms with E-state index in [1.165, 1.54) is 0 Å². The summed E-state index contributed by atoms with van der Waals surface area (Å²) in [5.74, 6) is -0.154. The highest BCUT2D eigenvalue weighted by atomic mass is 35.5. The summed E-state index contributed by atoms with van der Waals surface area (Å²) in [6.45, 7) is 4.49. The zero-order valence-electron chi connectivity index (χ0n) is 25.8. The van der Waals surface area contributed by atoms with Gasteiger partial charge in [-0.3, -0.25) is 4.79 Å².